The van der Waals surface area contributed by atoms with Crippen LogP contribution in [0.1, 0.15) is 49.0 Å². The predicted molar refractivity (Wildman–Crippen MR) is 145 cm³/mol. The van der Waals surface area contributed by atoms with E-state index in [2.05, 4.69) is 37.4 Å². The van der Waals surface area contributed by atoms with Crippen molar-refractivity contribution in [1.82, 2.24) is 30.0 Å². The lowest BCUT2D eigenvalue weighted by Crippen LogP contribution is -2.37. The van der Waals surface area contributed by atoms with Gasteiger partial charge in [-0.2, -0.15) is 5.10 Å². The Balaban J connectivity index is 0.000000396. The molecule has 4 N–H and O–H groups in total. The molecule has 10 nitrogen and oxygen atoms in total. The van der Waals surface area contributed by atoms with Gasteiger partial charge in [0.1, 0.15) is 24.1 Å². The van der Waals surface area contributed by atoms with Crippen molar-refractivity contribution < 1.29 is 9.59 Å². The van der Waals surface area contributed by atoms with E-state index in [1.54, 1.807) is 36.6 Å². The topological polar surface area (TPSA) is 141 Å². The molecule has 0 unspecified atom stereocenters. The Morgan fingerprint density at radius 3 is 2.51 bits per heavy atom. The van der Waals surface area contributed by atoms with Gasteiger partial charge in [0.2, 0.25) is 0 Å². The molecule has 3 aromatic heterocycles. The molecule has 0 bridgehead atoms. The van der Waals surface area contributed by atoms with Crippen LogP contribution in [0, 0.1) is 11.8 Å². The number of aldehydes is 1. The smallest absolute Gasteiger partial charge is 0.296 e. The van der Waals surface area contributed by atoms with Crippen LogP contribution in [0.3, 0.4) is 0 Å². The van der Waals surface area contributed by atoms with E-state index in [4.69, 9.17) is 10.8 Å². The van der Waals surface area contributed by atoms with Crippen LogP contribution in [0.25, 0.3) is 22.3 Å². The molecule has 0 radical (unpaired) electrons. The number of nitrogens with two attached hydrogens (primary N) is 1. The zero-order chi connectivity index (χ0) is 26.2. The van der Waals surface area contributed by atoms with Crippen LogP contribution in [0.15, 0.2) is 42.2 Å². The number of carbonyl (C=O) groups excluding carboxylic acids is 2. The lowest BCUT2D eigenvalue weighted by atomic mass is 9.91. The molecular weight excluding hydrogens is 488 g/mol. The molecule has 1 amide bonds. The zero-order valence-corrected chi connectivity index (χ0v) is 21.5. The summed E-state index contributed by atoms with van der Waals surface area (Å²) in [6.07, 6.45) is 7.42. The van der Waals surface area contributed by atoms with Gasteiger partial charge in [-0.25, -0.2) is 19.6 Å². The molecular formula is C26H28N8O2S. The van der Waals surface area contributed by atoms with Crippen LogP contribution < -0.4 is 16.4 Å². The molecule has 11 heteroatoms. The second-order valence-electron chi connectivity index (χ2n) is 8.43. The van der Waals surface area contributed by atoms with Gasteiger partial charge in [-0.3, -0.25) is 9.59 Å². The Hall–Kier alpha value is -4.30. The number of rotatable bonds is 5. The molecule has 37 heavy (non-hydrogen) atoms. The molecule has 4 aromatic rings. The summed E-state index contributed by atoms with van der Waals surface area (Å²) in [6.45, 7) is 1.65. The second-order valence-corrected chi connectivity index (χ2v) is 9.33. The molecule has 5 rings (SSSR count). The Morgan fingerprint density at radius 1 is 1.16 bits per heavy atom. The molecule has 0 spiro atoms. The van der Waals surface area contributed by atoms with E-state index in [1.807, 2.05) is 29.2 Å². The molecule has 1 aromatic carbocycles. The van der Waals surface area contributed by atoms with E-state index in [0.717, 1.165) is 42.7 Å². The van der Waals surface area contributed by atoms with Gasteiger partial charge in [0, 0.05) is 35.8 Å². The monoisotopic (exact) mass is 516 g/mol. The van der Waals surface area contributed by atoms with Gasteiger partial charge in [0.05, 0.1) is 11.4 Å². The standard InChI is InChI=1S/C22H22N6O2.C4H6N2S/c1-2-3-18(30)26-16-8-10-17(11-9-16)28-22-19(21(23)24-13-25-22)20(27-28)15-6-4-14(12-29)5-7-15;1-5-4-6-2-3-7-4/h4-7,12-13,16-17H,8-11H2,1H3,(H,26,30)(H2,23,24,25);2-3H,1H3,(H,5,6). The van der Waals surface area contributed by atoms with Gasteiger partial charge in [-0.05, 0) is 38.5 Å². The van der Waals surface area contributed by atoms with Crippen molar-refractivity contribution in [2.45, 2.75) is 44.7 Å². The Labute approximate surface area is 218 Å². The van der Waals surface area contributed by atoms with Crippen LogP contribution in [-0.4, -0.2) is 50.0 Å². The van der Waals surface area contributed by atoms with E-state index in [0.29, 0.717) is 28.1 Å². The number of anilines is 2. The quantitative estimate of drug-likeness (QED) is 0.269. The maximum Gasteiger partial charge on any atom is 0.296 e. The third-order valence-corrected chi connectivity index (χ3v) is 6.89. The lowest BCUT2D eigenvalue weighted by Gasteiger charge is -2.28. The molecule has 0 saturated heterocycles. The Bertz CT molecular complexity index is 1410. The van der Waals surface area contributed by atoms with Gasteiger partial charge in [-0.1, -0.05) is 30.2 Å². The Morgan fingerprint density at radius 2 is 1.92 bits per heavy atom. The summed E-state index contributed by atoms with van der Waals surface area (Å²) in [7, 11) is 1.86. The number of hydrogen-bond acceptors (Lipinski definition) is 9. The zero-order valence-electron chi connectivity index (χ0n) is 20.6. The second kappa shape index (κ2) is 12.1. The van der Waals surface area contributed by atoms with Crippen LogP contribution in [0.4, 0.5) is 10.9 Å². The first-order valence-electron chi connectivity index (χ1n) is 11.9. The molecule has 1 saturated carbocycles. The molecule has 1 aliphatic carbocycles. The van der Waals surface area contributed by atoms with Crippen molar-refractivity contribution in [3.05, 3.63) is 47.7 Å². The van der Waals surface area contributed by atoms with E-state index in [9.17, 15) is 9.59 Å². The third-order valence-electron chi connectivity index (χ3n) is 6.10. The van der Waals surface area contributed by atoms with Gasteiger partial charge in [0.25, 0.3) is 5.91 Å². The number of amides is 1. The number of thiazole rings is 1. The van der Waals surface area contributed by atoms with Gasteiger partial charge < -0.3 is 16.4 Å². The van der Waals surface area contributed by atoms with E-state index < -0.39 is 0 Å². The summed E-state index contributed by atoms with van der Waals surface area (Å²) < 4.78 is 1.93. The number of carbonyl (C=O) groups is 2. The van der Waals surface area contributed by atoms with Crippen molar-refractivity contribution in [3.63, 3.8) is 0 Å². The van der Waals surface area contributed by atoms with Crippen molar-refractivity contribution in [1.29, 1.82) is 0 Å². The molecule has 1 fully saturated rings. The molecule has 3 heterocycles. The highest BCUT2D eigenvalue weighted by Crippen LogP contribution is 2.35. The predicted octanol–water partition coefficient (Wildman–Crippen LogP) is 3.70. The van der Waals surface area contributed by atoms with E-state index >= 15 is 0 Å². The number of fused-ring (bicyclic) bond motifs is 1. The minimum atomic E-state index is -0.230. The summed E-state index contributed by atoms with van der Waals surface area (Å²) in [6, 6.07) is 7.47. The van der Waals surface area contributed by atoms with Gasteiger partial charge in [-0.15, -0.1) is 11.3 Å². The third kappa shape index (κ3) is 6.10. The van der Waals surface area contributed by atoms with Crippen molar-refractivity contribution in [3.8, 4) is 23.1 Å². The minimum absolute atomic E-state index is 0.117. The van der Waals surface area contributed by atoms with Gasteiger partial charge >= 0.3 is 0 Å². The first kappa shape index (κ1) is 25.8. The fraction of sp³-hybridized carbons (Fsp3) is 0.308. The van der Waals surface area contributed by atoms with Crippen molar-refractivity contribution in [2.24, 2.45) is 0 Å². The first-order valence-corrected chi connectivity index (χ1v) is 12.8. The van der Waals surface area contributed by atoms with Crippen molar-refractivity contribution >= 4 is 45.5 Å². The molecule has 190 valence electrons. The number of nitrogen functional groups attached to an aromatic ring is 1. The number of aromatic nitrogens is 5. The summed E-state index contributed by atoms with van der Waals surface area (Å²) in [5.41, 5.74) is 9.03. The largest absolute Gasteiger partial charge is 0.383 e. The van der Waals surface area contributed by atoms with Crippen LogP contribution in [-0.2, 0) is 4.79 Å². The highest BCUT2D eigenvalue weighted by molar-refractivity contribution is 7.13. The molecule has 0 aliphatic heterocycles. The van der Waals surface area contributed by atoms with Crippen molar-refractivity contribution in [2.75, 3.05) is 18.1 Å². The van der Waals surface area contributed by atoms with Crippen LogP contribution in [0.2, 0.25) is 0 Å². The number of hydrogen-bond donors (Lipinski definition) is 3. The molecule has 1 aliphatic rings. The summed E-state index contributed by atoms with van der Waals surface area (Å²) in [4.78, 5) is 35.2. The maximum atomic E-state index is 11.7. The normalized spacial score (nSPS) is 16.6. The minimum Gasteiger partial charge on any atom is -0.383 e. The molecule has 0 atom stereocenters. The highest BCUT2D eigenvalue weighted by Gasteiger charge is 2.27. The number of nitrogens with one attached hydrogen (secondary N) is 2. The van der Waals surface area contributed by atoms with E-state index in [1.165, 1.54) is 6.33 Å². The average molecular weight is 517 g/mol. The van der Waals surface area contributed by atoms with Gasteiger partial charge in [0.15, 0.2) is 10.8 Å². The number of benzene rings is 1. The maximum absolute atomic E-state index is 11.7. The van der Waals surface area contributed by atoms with Crippen LogP contribution in [0.5, 0.6) is 0 Å². The lowest BCUT2D eigenvalue weighted by molar-refractivity contribution is -0.116. The Kier molecular flexibility index (Phi) is 8.43. The fourth-order valence-corrected chi connectivity index (χ4v) is 4.81. The SMILES string of the molecule is CC#CC(=O)NC1CCC(n2nc(-c3ccc(C=O)cc3)c3c(N)ncnc32)CC1.CNc1nccs1. The van der Waals surface area contributed by atoms with E-state index in [-0.39, 0.29) is 18.0 Å². The number of nitrogens with zero attached hydrogens (tertiary/aromatic N) is 5. The highest BCUT2D eigenvalue weighted by atomic mass is 32.1. The van der Waals surface area contributed by atoms with Crippen LogP contribution >= 0.6 is 11.3 Å². The fourth-order valence-electron chi connectivity index (χ4n) is 4.32. The first-order chi connectivity index (χ1) is 18.0. The summed E-state index contributed by atoms with van der Waals surface area (Å²) in [5, 5.41) is 14.4. The average Bonchev–Trinajstić information content (AvgIpc) is 3.59. The summed E-state index contributed by atoms with van der Waals surface area (Å²) in [5.74, 6) is 5.29. The summed E-state index contributed by atoms with van der Waals surface area (Å²) >= 11 is 1.60.